The average molecular weight is 441 g/mol. The van der Waals surface area contributed by atoms with E-state index in [2.05, 4.69) is 10.6 Å². The number of benzene rings is 3. The van der Waals surface area contributed by atoms with Crippen LogP contribution in [-0.2, 0) is 9.59 Å². The molecule has 3 rings (SSSR count). The van der Waals surface area contributed by atoms with E-state index in [1.54, 1.807) is 30.3 Å². The lowest BCUT2D eigenvalue weighted by Gasteiger charge is -2.09. The zero-order valence-corrected chi connectivity index (χ0v) is 17.9. The molecule has 0 saturated heterocycles. The van der Waals surface area contributed by atoms with Crippen molar-refractivity contribution in [2.24, 2.45) is 0 Å². The van der Waals surface area contributed by atoms with Crippen LogP contribution in [0.25, 0.3) is 0 Å². The fraction of sp³-hybridized carbons (Fsp3) is 0.130. The Morgan fingerprint density at radius 1 is 0.900 bits per heavy atom. The molecular weight excluding hydrogens is 420 g/mol. The van der Waals surface area contributed by atoms with Gasteiger partial charge in [0.05, 0.1) is 5.75 Å². The van der Waals surface area contributed by atoms with Crippen LogP contribution in [0.2, 0.25) is 5.02 Å². The molecule has 0 atom stereocenters. The predicted octanol–water partition coefficient (Wildman–Crippen LogP) is 5.40. The number of rotatable bonds is 8. The van der Waals surface area contributed by atoms with E-state index in [9.17, 15) is 9.59 Å². The summed E-state index contributed by atoms with van der Waals surface area (Å²) in [5.74, 6) is 0.554. The smallest absolute Gasteiger partial charge is 0.262 e. The number of thioether (sulfide) groups is 1. The molecule has 2 amide bonds. The molecule has 0 aliphatic heterocycles. The average Bonchev–Trinajstić information content (AvgIpc) is 2.75. The van der Waals surface area contributed by atoms with Crippen LogP contribution in [0.4, 0.5) is 11.4 Å². The quantitative estimate of drug-likeness (QED) is 0.460. The van der Waals surface area contributed by atoms with E-state index in [-0.39, 0.29) is 24.2 Å². The first-order valence-electron chi connectivity index (χ1n) is 9.26. The van der Waals surface area contributed by atoms with Gasteiger partial charge < -0.3 is 15.4 Å². The fourth-order valence-electron chi connectivity index (χ4n) is 2.51. The monoisotopic (exact) mass is 440 g/mol. The van der Waals surface area contributed by atoms with Gasteiger partial charge in [-0.25, -0.2) is 0 Å². The molecule has 3 aromatic rings. The van der Waals surface area contributed by atoms with Crippen LogP contribution in [-0.4, -0.2) is 24.2 Å². The topological polar surface area (TPSA) is 67.4 Å². The predicted molar refractivity (Wildman–Crippen MR) is 123 cm³/mol. The first-order valence-corrected chi connectivity index (χ1v) is 10.6. The van der Waals surface area contributed by atoms with Gasteiger partial charge in [-0.05, 0) is 61.0 Å². The van der Waals surface area contributed by atoms with Crippen molar-refractivity contribution in [3.8, 4) is 5.75 Å². The van der Waals surface area contributed by atoms with Crippen molar-refractivity contribution in [2.75, 3.05) is 23.0 Å². The Morgan fingerprint density at radius 2 is 1.57 bits per heavy atom. The normalized spacial score (nSPS) is 10.3. The Bertz CT molecular complexity index is 1010. The zero-order chi connectivity index (χ0) is 21.3. The molecule has 0 radical (unpaired) electrons. The van der Waals surface area contributed by atoms with Gasteiger partial charge in [0.25, 0.3) is 5.91 Å². The number of halogens is 1. The highest BCUT2D eigenvalue weighted by Crippen LogP contribution is 2.22. The number of carbonyl (C=O) groups excluding carboxylic acids is 2. The van der Waals surface area contributed by atoms with E-state index >= 15 is 0 Å². The van der Waals surface area contributed by atoms with Crippen molar-refractivity contribution in [3.63, 3.8) is 0 Å². The number of amides is 2. The largest absolute Gasteiger partial charge is 0.484 e. The molecule has 0 heterocycles. The van der Waals surface area contributed by atoms with Crippen molar-refractivity contribution in [1.82, 2.24) is 0 Å². The number of hydrogen-bond acceptors (Lipinski definition) is 4. The number of aryl methyl sites for hydroxylation is 1. The van der Waals surface area contributed by atoms with E-state index in [4.69, 9.17) is 16.3 Å². The van der Waals surface area contributed by atoms with Crippen LogP contribution >= 0.6 is 23.4 Å². The van der Waals surface area contributed by atoms with E-state index in [1.165, 1.54) is 11.8 Å². The third kappa shape index (κ3) is 6.83. The van der Waals surface area contributed by atoms with Crippen LogP contribution in [0, 0.1) is 6.92 Å². The van der Waals surface area contributed by atoms with Gasteiger partial charge in [0, 0.05) is 21.3 Å². The zero-order valence-electron chi connectivity index (χ0n) is 16.4. The summed E-state index contributed by atoms with van der Waals surface area (Å²) in [4.78, 5) is 25.1. The number of carbonyl (C=O) groups is 2. The van der Waals surface area contributed by atoms with Crippen LogP contribution in [0.1, 0.15) is 5.56 Å². The van der Waals surface area contributed by atoms with Crippen molar-refractivity contribution in [3.05, 3.63) is 83.4 Å². The van der Waals surface area contributed by atoms with Gasteiger partial charge in [-0.15, -0.1) is 11.8 Å². The summed E-state index contributed by atoms with van der Waals surface area (Å²) >= 11 is 7.49. The molecule has 5 nitrogen and oxygen atoms in total. The van der Waals surface area contributed by atoms with Gasteiger partial charge in [0.15, 0.2) is 6.61 Å². The van der Waals surface area contributed by atoms with Crippen molar-refractivity contribution < 1.29 is 14.3 Å². The highest BCUT2D eigenvalue weighted by molar-refractivity contribution is 8.00. The Hall–Kier alpha value is -2.96. The fourth-order valence-corrected chi connectivity index (χ4v) is 3.39. The minimum Gasteiger partial charge on any atom is -0.484 e. The van der Waals surface area contributed by atoms with Crippen molar-refractivity contribution >= 4 is 46.6 Å². The molecule has 3 aromatic carbocycles. The van der Waals surface area contributed by atoms with Gasteiger partial charge in [-0.3, -0.25) is 9.59 Å². The summed E-state index contributed by atoms with van der Waals surface area (Å²) in [6, 6.07) is 21.9. The van der Waals surface area contributed by atoms with E-state index in [0.29, 0.717) is 22.1 Å². The second kappa shape index (κ2) is 10.7. The molecule has 7 heteroatoms. The summed E-state index contributed by atoms with van der Waals surface area (Å²) in [5.41, 5.74) is 2.30. The van der Waals surface area contributed by atoms with E-state index in [1.807, 2.05) is 49.4 Å². The molecule has 0 fully saturated rings. The molecule has 0 spiro atoms. The van der Waals surface area contributed by atoms with Gasteiger partial charge in [-0.1, -0.05) is 35.9 Å². The van der Waals surface area contributed by atoms with Crippen molar-refractivity contribution in [2.45, 2.75) is 11.8 Å². The standard InChI is InChI=1S/C23H21ClN2O3S/c1-16-7-8-18(13-21(16)24)26-23(28)15-30-20-11-9-17(10-12-20)25-22(27)14-29-19-5-3-2-4-6-19/h2-13H,14-15H2,1H3,(H,25,27)(H,26,28). The number of para-hydroxylation sites is 1. The third-order valence-corrected chi connectivity index (χ3v) is 5.50. The Kier molecular flexibility index (Phi) is 7.76. The van der Waals surface area contributed by atoms with E-state index in [0.717, 1.165) is 10.5 Å². The minimum absolute atomic E-state index is 0.0658. The Balaban J connectivity index is 1.43. The molecule has 0 aliphatic carbocycles. The maximum Gasteiger partial charge on any atom is 0.262 e. The summed E-state index contributed by atoms with van der Waals surface area (Å²) in [5, 5.41) is 6.23. The number of anilines is 2. The molecule has 2 N–H and O–H groups in total. The van der Waals surface area contributed by atoms with Crippen LogP contribution in [0.5, 0.6) is 5.75 Å². The summed E-state index contributed by atoms with van der Waals surface area (Å²) in [6.45, 7) is 1.84. The third-order valence-electron chi connectivity index (χ3n) is 4.08. The van der Waals surface area contributed by atoms with Crippen LogP contribution in [0.15, 0.2) is 77.7 Å². The molecule has 0 saturated carbocycles. The lowest BCUT2D eigenvalue weighted by atomic mass is 10.2. The molecular formula is C23H21ClN2O3S. The summed E-state index contributed by atoms with van der Waals surface area (Å²) in [6.07, 6.45) is 0. The minimum atomic E-state index is -0.240. The highest BCUT2D eigenvalue weighted by Gasteiger charge is 2.07. The molecule has 0 bridgehead atoms. The maximum atomic E-state index is 12.1. The second-order valence-corrected chi connectivity index (χ2v) is 7.93. The molecule has 0 aliphatic rings. The highest BCUT2D eigenvalue weighted by atomic mass is 35.5. The summed E-state index contributed by atoms with van der Waals surface area (Å²) < 4.78 is 5.42. The van der Waals surface area contributed by atoms with E-state index < -0.39 is 0 Å². The number of ether oxygens (including phenoxy) is 1. The van der Waals surface area contributed by atoms with Crippen LogP contribution < -0.4 is 15.4 Å². The number of nitrogens with one attached hydrogen (secondary N) is 2. The first kappa shape index (κ1) is 21.7. The Morgan fingerprint density at radius 3 is 2.27 bits per heavy atom. The summed E-state index contributed by atoms with van der Waals surface area (Å²) in [7, 11) is 0. The molecule has 0 unspecified atom stereocenters. The lowest BCUT2D eigenvalue weighted by Crippen LogP contribution is -2.20. The lowest BCUT2D eigenvalue weighted by molar-refractivity contribution is -0.118. The van der Waals surface area contributed by atoms with Crippen LogP contribution in [0.3, 0.4) is 0 Å². The SMILES string of the molecule is Cc1ccc(NC(=O)CSc2ccc(NC(=O)COc3ccccc3)cc2)cc1Cl. The van der Waals surface area contributed by atoms with Gasteiger partial charge in [-0.2, -0.15) is 0 Å². The molecule has 30 heavy (non-hydrogen) atoms. The first-order chi connectivity index (χ1) is 14.5. The van der Waals surface area contributed by atoms with Gasteiger partial charge in [0.2, 0.25) is 5.91 Å². The maximum absolute atomic E-state index is 12.1. The molecule has 154 valence electrons. The second-order valence-electron chi connectivity index (χ2n) is 6.48. The van der Waals surface area contributed by atoms with Gasteiger partial charge >= 0.3 is 0 Å². The van der Waals surface area contributed by atoms with Gasteiger partial charge in [0.1, 0.15) is 5.75 Å². The Labute approximate surface area is 184 Å². The molecule has 0 aromatic heterocycles. The van der Waals surface area contributed by atoms with Crippen molar-refractivity contribution in [1.29, 1.82) is 0 Å². The number of hydrogen-bond donors (Lipinski definition) is 2.